The highest BCUT2D eigenvalue weighted by molar-refractivity contribution is 9.10. The van der Waals surface area contributed by atoms with Gasteiger partial charge in [0.05, 0.1) is 4.92 Å². The molecule has 2 aromatic carbocycles. The Hall–Kier alpha value is -1.54. The summed E-state index contributed by atoms with van der Waals surface area (Å²) in [6.07, 6.45) is 0. The Morgan fingerprint density at radius 1 is 1.19 bits per heavy atom. The lowest BCUT2D eigenvalue weighted by molar-refractivity contribution is -0.385. The molecule has 0 saturated heterocycles. The summed E-state index contributed by atoms with van der Waals surface area (Å²) in [5.41, 5.74) is 0.335. The predicted molar refractivity (Wildman–Crippen MR) is 79.9 cm³/mol. The lowest BCUT2D eigenvalue weighted by Gasteiger charge is -2.09. The van der Waals surface area contributed by atoms with E-state index >= 15 is 0 Å². The highest BCUT2D eigenvalue weighted by Crippen LogP contribution is 2.35. The van der Waals surface area contributed by atoms with Gasteiger partial charge in [-0.3, -0.25) is 10.1 Å². The second-order valence-electron chi connectivity index (χ2n) is 3.99. The third kappa shape index (κ3) is 3.56. The van der Waals surface area contributed by atoms with Crippen LogP contribution in [0.4, 0.5) is 14.5 Å². The summed E-state index contributed by atoms with van der Waals surface area (Å²) in [5.74, 6) is -2.92. The summed E-state index contributed by atoms with van der Waals surface area (Å²) >= 11 is 6.19. The summed E-state index contributed by atoms with van der Waals surface area (Å²) in [7, 11) is 0. The van der Waals surface area contributed by atoms with Crippen LogP contribution in [0, 0.1) is 21.7 Å². The molecule has 0 fully saturated rings. The molecule has 0 N–H and O–H groups in total. The van der Waals surface area contributed by atoms with Crippen molar-refractivity contribution >= 4 is 37.5 Å². The molecule has 0 unspecified atom stereocenters. The number of ether oxygens (including phenoxy) is 1. The molecule has 8 heteroatoms. The smallest absolute Gasteiger partial charge is 0.311 e. The SMILES string of the molecule is O=[N+]([O-])c1cc(CBr)ccc1Oc1cc(Br)cc(F)c1F. The molecule has 0 radical (unpaired) electrons. The van der Waals surface area contributed by atoms with E-state index in [1.807, 2.05) is 0 Å². The van der Waals surface area contributed by atoms with Crippen LogP contribution in [-0.4, -0.2) is 4.92 Å². The van der Waals surface area contributed by atoms with Gasteiger partial charge in [-0.1, -0.05) is 37.9 Å². The lowest BCUT2D eigenvalue weighted by atomic mass is 10.2. The van der Waals surface area contributed by atoms with Gasteiger partial charge in [-0.15, -0.1) is 0 Å². The van der Waals surface area contributed by atoms with E-state index in [-0.39, 0.29) is 15.9 Å². The highest BCUT2D eigenvalue weighted by Gasteiger charge is 2.19. The first kappa shape index (κ1) is 15.8. The minimum atomic E-state index is -1.21. The van der Waals surface area contributed by atoms with Crippen molar-refractivity contribution in [2.24, 2.45) is 0 Å². The summed E-state index contributed by atoms with van der Waals surface area (Å²) in [4.78, 5) is 10.4. The van der Waals surface area contributed by atoms with Crippen LogP contribution in [0.15, 0.2) is 34.8 Å². The number of alkyl halides is 1. The standard InChI is InChI=1S/C13H7Br2F2NO3/c14-6-7-1-2-11(10(3-7)18(19)20)21-12-5-8(15)4-9(16)13(12)17/h1-5H,6H2. The quantitative estimate of drug-likeness (QED) is 0.290. The Labute approximate surface area is 135 Å². The van der Waals surface area contributed by atoms with E-state index in [0.29, 0.717) is 10.9 Å². The fourth-order valence-corrected chi connectivity index (χ4v) is 2.36. The van der Waals surface area contributed by atoms with Crippen LogP contribution in [0.2, 0.25) is 0 Å². The van der Waals surface area contributed by atoms with Crippen LogP contribution in [0.1, 0.15) is 5.56 Å². The van der Waals surface area contributed by atoms with Crippen molar-refractivity contribution in [3.63, 3.8) is 0 Å². The first-order chi connectivity index (χ1) is 9.92. The van der Waals surface area contributed by atoms with Gasteiger partial charge in [0.25, 0.3) is 0 Å². The van der Waals surface area contributed by atoms with Crippen molar-refractivity contribution in [3.8, 4) is 11.5 Å². The zero-order chi connectivity index (χ0) is 15.6. The van der Waals surface area contributed by atoms with Gasteiger partial charge in [-0.2, -0.15) is 4.39 Å². The molecular formula is C13H7Br2F2NO3. The normalized spacial score (nSPS) is 10.5. The second-order valence-corrected chi connectivity index (χ2v) is 5.47. The maximum Gasteiger partial charge on any atom is 0.311 e. The van der Waals surface area contributed by atoms with Gasteiger partial charge < -0.3 is 4.74 Å². The minimum Gasteiger partial charge on any atom is -0.447 e. The molecule has 0 atom stereocenters. The van der Waals surface area contributed by atoms with Gasteiger partial charge in [-0.25, -0.2) is 4.39 Å². The molecule has 2 rings (SSSR count). The number of hydrogen-bond donors (Lipinski definition) is 0. The van der Waals surface area contributed by atoms with Crippen molar-refractivity contribution in [2.75, 3.05) is 0 Å². The molecule has 4 nitrogen and oxygen atoms in total. The maximum atomic E-state index is 13.6. The van der Waals surface area contributed by atoms with Crippen molar-refractivity contribution in [2.45, 2.75) is 5.33 Å². The van der Waals surface area contributed by atoms with Crippen LogP contribution in [0.3, 0.4) is 0 Å². The molecule has 0 aliphatic rings. The Morgan fingerprint density at radius 2 is 1.90 bits per heavy atom. The number of rotatable bonds is 4. The third-order valence-corrected chi connectivity index (χ3v) is 3.66. The molecule has 0 aromatic heterocycles. The summed E-state index contributed by atoms with van der Waals surface area (Å²) < 4.78 is 32.4. The zero-order valence-electron chi connectivity index (χ0n) is 10.3. The molecule has 2 aromatic rings. The number of hydrogen-bond acceptors (Lipinski definition) is 3. The highest BCUT2D eigenvalue weighted by atomic mass is 79.9. The van der Waals surface area contributed by atoms with Gasteiger partial charge >= 0.3 is 5.69 Å². The van der Waals surface area contributed by atoms with Crippen LogP contribution in [0.25, 0.3) is 0 Å². The van der Waals surface area contributed by atoms with Gasteiger partial charge in [-0.05, 0) is 23.8 Å². The van der Waals surface area contributed by atoms with E-state index in [0.717, 1.165) is 6.07 Å². The number of nitro groups is 1. The average molecular weight is 423 g/mol. The van der Waals surface area contributed by atoms with Crippen molar-refractivity contribution < 1.29 is 18.4 Å². The third-order valence-electron chi connectivity index (χ3n) is 2.55. The van der Waals surface area contributed by atoms with Gasteiger partial charge in [0.1, 0.15) is 0 Å². The topological polar surface area (TPSA) is 52.4 Å². The fourth-order valence-electron chi connectivity index (χ4n) is 1.60. The Balaban J connectivity index is 2.47. The fraction of sp³-hybridized carbons (Fsp3) is 0.0769. The number of halogens is 4. The van der Waals surface area contributed by atoms with Crippen molar-refractivity contribution in [3.05, 3.63) is 62.1 Å². The molecule has 0 saturated carbocycles. The molecule has 0 spiro atoms. The van der Waals surface area contributed by atoms with Gasteiger partial charge in [0.15, 0.2) is 11.6 Å². The van der Waals surface area contributed by atoms with Crippen LogP contribution in [0.5, 0.6) is 11.5 Å². The summed E-state index contributed by atoms with van der Waals surface area (Å²) in [5, 5.41) is 11.5. The monoisotopic (exact) mass is 421 g/mol. The van der Waals surface area contributed by atoms with Crippen LogP contribution in [-0.2, 0) is 5.33 Å². The average Bonchev–Trinajstić information content (AvgIpc) is 2.44. The van der Waals surface area contributed by atoms with Gasteiger partial charge in [0.2, 0.25) is 11.6 Å². The van der Waals surface area contributed by atoms with E-state index < -0.39 is 22.3 Å². The predicted octanol–water partition coefficient (Wildman–Crippen LogP) is 5.32. The zero-order valence-corrected chi connectivity index (χ0v) is 13.4. The van der Waals surface area contributed by atoms with Crippen LogP contribution >= 0.6 is 31.9 Å². The minimum absolute atomic E-state index is 0.166. The Bertz CT molecular complexity index is 710. The molecule has 0 amide bonds. The Kier molecular flexibility index (Phi) is 4.89. The largest absolute Gasteiger partial charge is 0.447 e. The molecule has 0 heterocycles. The summed E-state index contributed by atoms with van der Waals surface area (Å²) in [6.45, 7) is 0. The molecule has 0 bridgehead atoms. The second kappa shape index (κ2) is 6.48. The van der Waals surface area contributed by atoms with Crippen molar-refractivity contribution in [1.29, 1.82) is 0 Å². The lowest BCUT2D eigenvalue weighted by Crippen LogP contribution is -1.97. The van der Waals surface area contributed by atoms with Crippen molar-refractivity contribution in [1.82, 2.24) is 0 Å². The Morgan fingerprint density at radius 3 is 2.52 bits per heavy atom. The number of nitrogens with zero attached hydrogens (tertiary/aromatic N) is 1. The first-order valence-corrected chi connectivity index (χ1v) is 7.49. The molecular weight excluding hydrogens is 416 g/mol. The maximum absolute atomic E-state index is 13.6. The van der Waals surface area contributed by atoms with Crippen LogP contribution < -0.4 is 4.74 Å². The number of benzene rings is 2. The number of nitro benzene ring substituents is 1. The molecule has 0 aliphatic heterocycles. The molecule has 0 aliphatic carbocycles. The van der Waals surface area contributed by atoms with Gasteiger partial charge in [0, 0.05) is 15.9 Å². The van der Waals surface area contributed by atoms with E-state index in [4.69, 9.17) is 4.74 Å². The first-order valence-electron chi connectivity index (χ1n) is 5.58. The van der Waals surface area contributed by atoms with E-state index in [1.54, 1.807) is 6.07 Å². The van der Waals surface area contributed by atoms with E-state index in [9.17, 15) is 18.9 Å². The summed E-state index contributed by atoms with van der Waals surface area (Å²) in [6, 6.07) is 6.36. The molecule has 21 heavy (non-hydrogen) atoms. The molecule has 110 valence electrons. The van der Waals surface area contributed by atoms with E-state index in [2.05, 4.69) is 31.9 Å². The van der Waals surface area contributed by atoms with E-state index in [1.165, 1.54) is 18.2 Å².